The third kappa shape index (κ3) is 4.04. The highest BCUT2D eigenvalue weighted by Gasteiger charge is 2.11. The Hall–Kier alpha value is -0.910. The van der Waals surface area contributed by atoms with Crippen LogP contribution in [0.1, 0.15) is 23.2 Å². The van der Waals surface area contributed by atoms with Gasteiger partial charge in [0, 0.05) is 28.6 Å². The fourth-order valence-electron chi connectivity index (χ4n) is 2.25. The second-order valence-corrected chi connectivity index (χ2v) is 7.15. The van der Waals surface area contributed by atoms with E-state index in [4.69, 9.17) is 5.73 Å². The Bertz CT molecular complexity index is 580. The van der Waals surface area contributed by atoms with Crippen molar-refractivity contribution in [2.24, 2.45) is 5.73 Å². The first-order valence-corrected chi connectivity index (χ1v) is 8.29. The Morgan fingerprint density at radius 1 is 1.45 bits per heavy atom. The molecule has 2 N–H and O–H groups in total. The lowest BCUT2D eigenvalue weighted by Crippen LogP contribution is -2.22. The van der Waals surface area contributed by atoms with Crippen LogP contribution >= 0.6 is 27.3 Å². The second-order valence-electron chi connectivity index (χ2n) is 5.17. The number of nitrogens with zero attached hydrogens (tertiary/aromatic N) is 2. The van der Waals surface area contributed by atoms with E-state index in [-0.39, 0.29) is 6.04 Å². The molecule has 5 heteroatoms. The molecule has 1 aromatic carbocycles. The molecular weight excluding hydrogens is 334 g/mol. The Morgan fingerprint density at radius 3 is 2.80 bits per heavy atom. The topological polar surface area (TPSA) is 42.2 Å². The number of hydrogen-bond donors (Lipinski definition) is 1. The van der Waals surface area contributed by atoms with E-state index in [0.717, 1.165) is 28.1 Å². The van der Waals surface area contributed by atoms with Gasteiger partial charge in [-0.3, -0.25) is 0 Å². The van der Waals surface area contributed by atoms with Gasteiger partial charge in [0.25, 0.3) is 0 Å². The average Bonchev–Trinajstić information content (AvgIpc) is 2.73. The Labute approximate surface area is 133 Å². The summed E-state index contributed by atoms with van der Waals surface area (Å²) in [6.45, 7) is 4.89. The zero-order chi connectivity index (χ0) is 14.7. The Balaban J connectivity index is 2.21. The van der Waals surface area contributed by atoms with Crippen molar-refractivity contribution in [3.63, 3.8) is 0 Å². The number of anilines is 1. The van der Waals surface area contributed by atoms with E-state index < -0.39 is 0 Å². The summed E-state index contributed by atoms with van der Waals surface area (Å²) < 4.78 is 1.09. The standard InChI is InChI=1S/C15H20BrN3S/c1-10(17)6-12-7-13(16)4-5-15(12)19(3)8-14-9-20-11(2)18-14/h4-5,7,9-10H,6,8,17H2,1-3H3. The minimum absolute atomic E-state index is 0.151. The molecule has 0 radical (unpaired) electrons. The van der Waals surface area contributed by atoms with Gasteiger partial charge in [0.05, 0.1) is 17.2 Å². The first-order valence-electron chi connectivity index (χ1n) is 6.62. The lowest BCUT2D eigenvalue weighted by Gasteiger charge is -2.23. The number of thiazole rings is 1. The van der Waals surface area contributed by atoms with Crippen molar-refractivity contribution in [2.75, 3.05) is 11.9 Å². The van der Waals surface area contributed by atoms with E-state index in [1.807, 2.05) is 13.8 Å². The van der Waals surface area contributed by atoms with Crippen LogP contribution in [-0.2, 0) is 13.0 Å². The summed E-state index contributed by atoms with van der Waals surface area (Å²) in [5.74, 6) is 0. The molecule has 0 spiro atoms. The number of halogens is 1. The summed E-state index contributed by atoms with van der Waals surface area (Å²) in [6, 6.07) is 6.52. The summed E-state index contributed by atoms with van der Waals surface area (Å²) in [5, 5.41) is 3.23. The molecule has 0 aliphatic heterocycles. The second kappa shape index (κ2) is 6.70. The van der Waals surface area contributed by atoms with Crippen LogP contribution in [0.15, 0.2) is 28.1 Å². The molecule has 20 heavy (non-hydrogen) atoms. The van der Waals surface area contributed by atoms with Crippen molar-refractivity contribution < 1.29 is 0 Å². The molecule has 0 fully saturated rings. The van der Waals surface area contributed by atoms with Gasteiger partial charge in [0.15, 0.2) is 0 Å². The highest BCUT2D eigenvalue weighted by Crippen LogP contribution is 2.26. The van der Waals surface area contributed by atoms with Crippen molar-refractivity contribution in [3.05, 3.63) is 44.3 Å². The molecule has 0 aliphatic rings. The van der Waals surface area contributed by atoms with Gasteiger partial charge in [-0.15, -0.1) is 11.3 Å². The van der Waals surface area contributed by atoms with E-state index >= 15 is 0 Å². The molecule has 3 nitrogen and oxygen atoms in total. The largest absolute Gasteiger partial charge is 0.368 e. The predicted molar refractivity (Wildman–Crippen MR) is 90.5 cm³/mol. The summed E-state index contributed by atoms with van der Waals surface area (Å²) in [7, 11) is 2.10. The first-order chi connectivity index (χ1) is 9.45. The fraction of sp³-hybridized carbons (Fsp3) is 0.400. The molecule has 0 bridgehead atoms. The van der Waals surface area contributed by atoms with E-state index in [2.05, 4.69) is 56.4 Å². The Kier molecular flexibility index (Phi) is 5.18. The summed E-state index contributed by atoms with van der Waals surface area (Å²) in [5.41, 5.74) is 9.56. The van der Waals surface area contributed by atoms with Gasteiger partial charge in [-0.25, -0.2) is 4.98 Å². The van der Waals surface area contributed by atoms with Crippen molar-refractivity contribution in [2.45, 2.75) is 32.9 Å². The van der Waals surface area contributed by atoms with Gasteiger partial charge in [-0.2, -0.15) is 0 Å². The minimum atomic E-state index is 0.151. The molecule has 2 aromatic rings. The number of aryl methyl sites for hydroxylation is 1. The monoisotopic (exact) mass is 353 g/mol. The smallest absolute Gasteiger partial charge is 0.0898 e. The van der Waals surface area contributed by atoms with Crippen LogP contribution in [0.4, 0.5) is 5.69 Å². The maximum absolute atomic E-state index is 5.95. The zero-order valence-electron chi connectivity index (χ0n) is 12.1. The van der Waals surface area contributed by atoms with Gasteiger partial charge < -0.3 is 10.6 Å². The molecule has 0 saturated heterocycles. The lowest BCUT2D eigenvalue weighted by molar-refractivity contribution is 0.733. The third-order valence-corrected chi connectivity index (χ3v) is 4.38. The van der Waals surface area contributed by atoms with E-state index in [1.54, 1.807) is 11.3 Å². The maximum Gasteiger partial charge on any atom is 0.0898 e. The number of nitrogens with two attached hydrogens (primary N) is 1. The van der Waals surface area contributed by atoms with Crippen LogP contribution in [0.25, 0.3) is 0 Å². The van der Waals surface area contributed by atoms with Crippen LogP contribution in [0.5, 0.6) is 0 Å². The molecular formula is C15H20BrN3S. The van der Waals surface area contributed by atoms with E-state index in [1.165, 1.54) is 11.3 Å². The molecule has 2 rings (SSSR count). The number of aromatic nitrogens is 1. The number of benzene rings is 1. The predicted octanol–water partition coefficient (Wildman–Crippen LogP) is 3.74. The van der Waals surface area contributed by atoms with Gasteiger partial charge in [-0.05, 0) is 44.0 Å². The molecule has 108 valence electrons. The molecule has 1 unspecified atom stereocenters. The van der Waals surface area contributed by atoms with Crippen molar-refractivity contribution in [1.82, 2.24) is 4.98 Å². The number of rotatable bonds is 5. The molecule has 0 aliphatic carbocycles. The van der Waals surface area contributed by atoms with Crippen LogP contribution in [0.3, 0.4) is 0 Å². The number of hydrogen-bond acceptors (Lipinski definition) is 4. The normalized spacial score (nSPS) is 12.4. The van der Waals surface area contributed by atoms with Gasteiger partial charge in [-0.1, -0.05) is 15.9 Å². The van der Waals surface area contributed by atoms with Gasteiger partial charge in [0.1, 0.15) is 0 Å². The summed E-state index contributed by atoms with van der Waals surface area (Å²) >= 11 is 5.23. The maximum atomic E-state index is 5.95. The minimum Gasteiger partial charge on any atom is -0.368 e. The highest BCUT2D eigenvalue weighted by atomic mass is 79.9. The lowest BCUT2D eigenvalue weighted by atomic mass is 10.0. The highest BCUT2D eigenvalue weighted by molar-refractivity contribution is 9.10. The van der Waals surface area contributed by atoms with Crippen LogP contribution < -0.4 is 10.6 Å². The van der Waals surface area contributed by atoms with Crippen LogP contribution in [0, 0.1) is 6.92 Å². The van der Waals surface area contributed by atoms with Crippen LogP contribution in [-0.4, -0.2) is 18.1 Å². The molecule has 0 amide bonds. The first kappa shape index (κ1) is 15.5. The SMILES string of the molecule is Cc1nc(CN(C)c2ccc(Br)cc2CC(C)N)cs1. The quantitative estimate of drug-likeness (QED) is 0.889. The fourth-order valence-corrected chi connectivity index (χ4v) is 3.26. The van der Waals surface area contributed by atoms with E-state index in [0.29, 0.717) is 0 Å². The average molecular weight is 354 g/mol. The van der Waals surface area contributed by atoms with Crippen molar-refractivity contribution in [3.8, 4) is 0 Å². The van der Waals surface area contributed by atoms with Crippen LogP contribution in [0.2, 0.25) is 0 Å². The zero-order valence-corrected chi connectivity index (χ0v) is 14.5. The molecule has 0 saturated carbocycles. The Morgan fingerprint density at radius 2 is 2.20 bits per heavy atom. The summed E-state index contributed by atoms with van der Waals surface area (Å²) in [4.78, 5) is 6.76. The van der Waals surface area contributed by atoms with Gasteiger partial charge in [0.2, 0.25) is 0 Å². The molecule has 1 aromatic heterocycles. The van der Waals surface area contributed by atoms with Crippen molar-refractivity contribution >= 4 is 33.0 Å². The molecule has 1 heterocycles. The third-order valence-electron chi connectivity index (χ3n) is 3.06. The van der Waals surface area contributed by atoms with E-state index in [9.17, 15) is 0 Å². The molecule has 1 atom stereocenters. The van der Waals surface area contributed by atoms with Gasteiger partial charge >= 0.3 is 0 Å². The summed E-state index contributed by atoms with van der Waals surface area (Å²) in [6.07, 6.45) is 0.870. The van der Waals surface area contributed by atoms with Crippen molar-refractivity contribution in [1.29, 1.82) is 0 Å².